The molecular formula is C22H20BF3O3. The Bertz CT molecular complexity index is 935. The quantitative estimate of drug-likeness (QED) is 0.574. The maximum absolute atomic E-state index is 15.0. The van der Waals surface area contributed by atoms with Crippen molar-refractivity contribution in [2.45, 2.75) is 24.9 Å². The molecule has 3 rings (SSSR count). The van der Waals surface area contributed by atoms with Gasteiger partial charge in [0.05, 0.1) is 0 Å². The molecule has 0 aliphatic rings. The van der Waals surface area contributed by atoms with Gasteiger partial charge in [0.1, 0.15) is 23.1 Å². The van der Waals surface area contributed by atoms with E-state index in [0.717, 1.165) is 12.1 Å². The second kappa shape index (κ2) is 8.82. The lowest BCUT2D eigenvalue weighted by molar-refractivity contribution is 0.0179. The summed E-state index contributed by atoms with van der Waals surface area (Å²) in [4.78, 5) is 0. The zero-order chi connectivity index (χ0) is 21.0. The number of rotatable bonds is 7. The van der Waals surface area contributed by atoms with Gasteiger partial charge in [0.2, 0.25) is 0 Å². The Morgan fingerprint density at radius 2 is 1.24 bits per heavy atom. The van der Waals surface area contributed by atoms with Crippen LogP contribution >= 0.6 is 0 Å². The summed E-state index contributed by atoms with van der Waals surface area (Å²) in [6, 6.07) is 16.8. The Kier molecular flexibility index (Phi) is 6.42. The molecule has 0 spiro atoms. The molecule has 1 atom stereocenters. The third-order valence-electron chi connectivity index (χ3n) is 5.02. The molecule has 7 heteroatoms. The van der Waals surface area contributed by atoms with E-state index in [2.05, 4.69) is 0 Å². The van der Waals surface area contributed by atoms with E-state index in [0.29, 0.717) is 0 Å². The predicted molar refractivity (Wildman–Crippen MR) is 104 cm³/mol. The molecule has 29 heavy (non-hydrogen) atoms. The SMILES string of the molecule is CCC(c1ccccc1F)C(OB(O)O)(c1ccccc1F)c1ccccc1F. The van der Waals surface area contributed by atoms with E-state index < -0.39 is 36.3 Å². The van der Waals surface area contributed by atoms with Crippen molar-refractivity contribution in [3.05, 3.63) is 107 Å². The molecule has 0 bridgehead atoms. The van der Waals surface area contributed by atoms with Crippen molar-refractivity contribution < 1.29 is 27.9 Å². The van der Waals surface area contributed by atoms with E-state index in [-0.39, 0.29) is 23.1 Å². The molecule has 0 aliphatic heterocycles. The van der Waals surface area contributed by atoms with Gasteiger partial charge in [0, 0.05) is 17.0 Å². The highest BCUT2D eigenvalue weighted by Gasteiger charge is 2.49. The zero-order valence-corrected chi connectivity index (χ0v) is 15.7. The first kappa shape index (κ1) is 21.1. The smallest absolute Gasteiger partial charge is 0.402 e. The van der Waals surface area contributed by atoms with Crippen molar-refractivity contribution >= 4 is 7.32 Å². The molecule has 0 saturated heterocycles. The average Bonchev–Trinajstić information content (AvgIpc) is 2.69. The van der Waals surface area contributed by atoms with Crippen LogP contribution in [-0.2, 0) is 10.3 Å². The summed E-state index contributed by atoms with van der Waals surface area (Å²) >= 11 is 0. The van der Waals surface area contributed by atoms with Crippen molar-refractivity contribution in [3.8, 4) is 0 Å². The van der Waals surface area contributed by atoms with Crippen LogP contribution < -0.4 is 0 Å². The minimum atomic E-state index is -2.37. The lowest BCUT2D eigenvalue weighted by atomic mass is 9.70. The molecule has 0 fully saturated rings. The van der Waals surface area contributed by atoms with Crippen LogP contribution in [0.1, 0.15) is 36.0 Å². The molecular weight excluding hydrogens is 380 g/mol. The normalized spacial score (nSPS) is 12.6. The Morgan fingerprint density at radius 3 is 1.66 bits per heavy atom. The Labute approximate surface area is 167 Å². The second-order valence-corrected chi connectivity index (χ2v) is 6.62. The second-order valence-electron chi connectivity index (χ2n) is 6.62. The Hall–Kier alpha value is -2.61. The van der Waals surface area contributed by atoms with Crippen molar-refractivity contribution in [1.82, 2.24) is 0 Å². The van der Waals surface area contributed by atoms with Gasteiger partial charge >= 0.3 is 7.32 Å². The van der Waals surface area contributed by atoms with Gasteiger partial charge in [0.15, 0.2) is 0 Å². The van der Waals surface area contributed by atoms with Crippen LogP contribution in [-0.4, -0.2) is 17.4 Å². The van der Waals surface area contributed by atoms with Gasteiger partial charge in [-0.25, -0.2) is 13.2 Å². The summed E-state index contributed by atoms with van der Waals surface area (Å²) in [7, 11) is -2.37. The van der Waals surface area contributed by atoms with Crippen LogP contribution in [0.3, 0.4) is 0 Å². The molecule has 150 valence electrons. The molecule has 0 heterocycles. The van der Waals surface area contributed by atoms with Crippen LogP contribution in [0.25, 0.3) is 0 Å². The summed E-state index contributed by atoms with van der Waals surface area (Å²) in [6.45, 7) is 1.71. The molecule has 3 aromatic rings. The fourth-order valence-corrected chi connectivity index (χ4v) is 3.90. The van der Waals surface area contributed by atoms with Crippen LogP contribution in [0, 0.1) is 17.5 Å². The van der Waals surface area contributed by atoms with E-state index in [1.165, 1.54) is 54.6 Å². The first-order valence-electron chi connectivity index (χ1n) is 9.20. The van der Waals surface area contributed by atoms with E-state index in [1.807, 2.05) is 0 Å². The summed E-state index contributed by atoms with van der Waals surface area (Å²) in [5.74, 6) is -3.05. The van der Waals surface area contributed by atoms with E-state index in [9.17, 15) is 14.4 Å². The molecule has 0 aliphatic carbocycles. The number of benzene rings is 3. The molecule has 0 amide bonds. The predicted octanol–water partition coefficient (Wildman–Crippen LogP) is 4.53. The zero-order valence-electron chi connectivity index (χ0n) is 15.7. The summed E-state index contributed by atoms with van der Waals surface area (Å²) < 4.78 is 50.3. The van der Waals surface area contributed by atoms with Crippen LogP contribution in [0.4, 0.5) is 13.2 Å². The molecule has 3 nitrogen and oxygen atoms in total. The highest BCUT2D eigenvalue weighted by atomic mass is 19.1. The monoisotopic (exact) mass is 400 g/mol. The minimum absolute atomic E-state index is 0.131. The summed E-state index contributed by atoms with van der Waals surface area (Å²) in [5, 5.41) is 19.5. The van der Waals surface area contributed by atoms with Gasteiger partial charge in [-0.1, -0.05) is 61.5 Å². The first-order valence-corrected chi connectivity index (χ1v) is 9.20. The molecule has 3 aromatic carbocycles. The van der Waals surface area contributed by atoms with Gasteiger partial charge in [-0.15, -0.1) is 0 Å². The lowest BCUT2D eigenvalue weighted by Gasteiger charge is -2.42. The maximum atomic E-state index is 15.0. The molecule has 0 aromatic heterocycles. The summed E-state index contributed by atoms with van der Waals surface area (Å²) in [6.07, 6.45) is 0.191. The number of hydrogen-bond donors (Lipinski definition) is 2. The topological polar surface area (TPSA) is 49.7 Å². The standard InChI is InChI=1S/C22H20BF3O3/c1-2-16(15-9-3-6-12-19(15)24)22(29-23(27)28,17-10-4-7-13-20(17)25)18-11-5-8-14-21(18)26/h3-14,16,27-28H,2H2,1H3. The maximum Gasteiger partial charge on any atom is 0.634 e. The largest absolute Gasteiger partial charge is 0.634 e. The van der Waals surface area contributed by atoms with Gasteiger partial charge in [-0.3, -0.25) is 0 Å². The van der Waals surface area contributed by atoms with Gasteiger partial charge in [0.25, 0.3) is 0 Å². The fraction of sp³-hybridized carbons (Fsp3) is 0.182. The van der Waals surface area contributed by atoms with Gasteiger partial charge in [-0.05, 0) is 30.2 Å². The third-order valence-corrected chi connectivity index (χ3v) is 5.02. The van der Waals surface area contributed by atoms with Crippen LogP contribution in [0.5, 0.6) is 0 Å². The minimum Gasteiger partial charge on any atom is -0.402 e. The van der Waals surface area contributed by atoms with E-state index >= 15 is 8.78 Å². The highest BCUT2D eigenvalue weighted by Crippen LogP contribution is 2.49. The van der Waals surface area contributed by atoms with E-state index in [4.69, 9.17) is 4.65 Å². The lowest BCUT2D eigenvalue weighted by Crippen LogP contribution is -2.44. The van der Waals surface area contributed by atoms with Gasteiger partial charge < -0.3 is 14.7 Å². The van der Waals surface area contributed by atoms with Crippen molar-refractivity contribution in [1.29, 1.82) is 0 Å². The van der Waals surface area contributed by atoms with Crippen molar-refractivity contribution in [3.63, 3.8) is 0 Å². The fourth-order valence-electron chi connectivity index (χ4n) is 3.90. The summed E-state index contributed by atoms with van der Waals surface area (Å²) in [5.41, 5.74) is -2.16. The highest BCUT2D eigenvalue weighted by molar-refractivity contribution is 6.32. The number of hydrogen-bond acceptors (Lipinski definition) is 3. The first-order chi connectivity index (χ1) is 13.9. The molecule has 0 saturated carbocycles. The molecule has 0 radical (unpaired) electrons. The van der Waals surface area contributed by atoms with Crippen LogP contribution in [0.15, 0.2) is 72.8 Å². The van der Waals surface area contributed by atoms with E-state index in [1.54, 1.807) is 13.0 Å². The van der Waals surface area contributed by atoms with Crippen LogP contribution in [0.2, 0.25) is 0 Å². The molecule has 2 N–H and O–H groups in total. The number of halogens is 3. The average molecular weight is 400 g/mol. The molecule has 1 unspecified atom stereocenters. The van der Waals surface area contributed by atoms with Crippen molar-refractivity contribution in [2.75, 3.05) is 0 Å². The van der Waals surface area contributed by atoms with Gasteiger partial charge in [-0.2, -0.15) is 0 Å². The Balaban J connectivity index is 2.43. The third kappa shape index (κ3) is 3.94. The van der Waals surface area contributed by atoms with Crippen molar-refractivity contribution in [2.24, 2.45) is 0 Å². The Morgan fingerprint density at radius 1 is 0.793 bits per heavy atom.